The molecular weight excluding hydrogens is 192 g/mol. The van der Waals surface area contributed by atoms with Gasteiger partial charge in [0.05, 0.1) is 0 Å². The second-order valence-corrected chi connectivity index (χ2v) is 3.49. The number of carboxylic acid groups (broad SMARTS) is 1. The van der Waals surface area contributed by atoms with E-state index in [4.69, 9.17) is 5.11 Å². The highest BCUT2D eigenvalue weighted by molar-refractivity contribution is 5.66. The van der Waals surface area contributed by atoms with Crippen molar-refractivity contribution in [2.75, 3.05) is 11.9 Å². The summed E-state index contributed by atoms with van der Waals surface area (Å²) in [5.74, 6) is -0.751. The molecule has 0 amide bonds. The van der Waals surface area contributed by atoms with Gasteiger partial charge >= 0.3 is 5.97 Å². The van der Waals surface area contributed by atoms with E-state index in [9.17, 15) is 4.79 Å². The predicted molar refractivity (Wildman–Crippen MR) is 59.1 cm³/mol. The number of carbonyl (C=O) groups is 1. The van der Waals surface area contributed by atoms with E-state index in [2.05, 4.69) is 10.3 Å². The molecule has 0 atom stereocenters. The van der Waals surface area contributed by atoms with Gasteiger partial charge in [0, 0.05) is 30.5 Å². The molecule has 0 saturated heterocycles. The van der Waals surface area contributed by atoms with Crippen LogP contribution in [0.1, 0.15) is 24.1 Å². The van der Waals surface area contributed by atoms with Gasteiger partial charge < -0.3 is 10.4 Å². The van der Waals surface area contributed by atoms with Crippen LogP contribution in [0.15, 0.2) is 12.3 Å². The summed E-state index contributed by atoms with van der Waals surface area (Å²) in [4.78, 5) is 14.5. The number of aryl methyl sites for hydroxylation is 1. The van der Waals surface area contributed by atoms with Crippen molar-refractivity contribution in [2.45, 2.75) is 26.7 Å². The average Bonchev–Trinajstić information content (AvgIpc) is 2.18. The molecular formula is C11H16N2O2. The van der Waals surface area contributed by atoms with Crippen molar-refractivity contribution in [1.82, 2.24) is 4.98 Å². The lowest BCUT2D eigenvalue weighted by Crippen LogP contribution is -2.06. The highest BCUT2D eigenvalue weighted by Gasteiger charge is 2.01. The fourth-order valence-corrected chi connectivity index (χ4v) is 1.29. The monoisotopic (exact) mass is 208 g/mol. The summed E-state index contributed by atoms with van der Waals surface area (Å²) in [6, 6.07) is 1.91. The molecule has 0 aliphatic carbocycles. The number of aliphatic carboxylic acids is 1. The van der Waals surface area contributed by atoms with E-state index in [1.54, 1.807) is 6.20 Å². The summed E-state index contributed by atoms with van der Waals surface area (Å²) in [5.41, 5.74) is 3.15. The SMILES string of the molecule is Cc1nccc(NCCCC(=O)O)c1C. The summed E-state index contributed by atoms with van der Waals surface area (Å²) < 4.78 is 0. The van der Waals surface area contributed by atoms with Gasteiger partial charge in [-0.25, -0.2) is 0 Å². The molecule has 1 aromatic heterocycles. The van der Waals surface area contributed by atoms with E-state index >= 15 is 0 Å². The van der Waals surface area contributed by atoms with E-state index in [1.807, 2.05) is 19.9 Å². The Balaban J connectivity index is 2.44. The molecule has 0 aliphatic rings. The highest BCUT2D eigenvalue weighted by Crippen LogP contribution is 2.15. The zero-order chi connectivity index (χ0) is 11.3. The van der Waals surface area contributed by atoms with Crippen LogP contribution < -0.4 is 5.32 Å². The summed E-state index contributed by atoms with van der Waals surface area (Å²) in [5, 5.41) is 11.7. The molecule has 0 fully saturated rings. The maximum atomic E-state index is 10.3. The molecule has 0 spiro atoms. The topological polar surface area (TPSA) is 62.2 Å². The minimum atomic E-state index is -0.751. The molecule has 0 saturated carbocycles. The zero-order valence-corrected chi connectivity index (χ0v) is 9.08. The van der Waals surface area contributed by atoms with E-state index in [0.29, 0.717) is 13.0 Å². The number of hydrogen-bond acceptors (Lipinski definition) is 3. The van der Waals surface area contributed by atoms with Gasteiger partial charge in [-0.2, -0.15) is 0 Å². The number of hydrogen-bond donors (Lipinski definition) is 2. The lowest BCUT2D eigenvalue weighted by Gasteiger charge is -2.09. The highest BCUT2D eigenvalue weighted by atomic mass is 16.4. The normalized spacial score (nSPS) is 10.0. The third kappa shape index (κ3) is 3.58. The number of nitrogens with zero attached hydrogens (tertiary/aromatic N) is 1. The Bertz CT molecular complexity index is 350. The zero-order valence-electron chi connectivity index (χ0n) is 9.08. The Kier molecular flexibility index (Phi) is 4.09. The summed E-state index contributed by atoms with van der Waals surface area (Å²) >= 11 is 0. The fraction of sp³-hybridized carbons (Fsp3) is 0.455. The van der Waals surface area contributed by atoms with Gasteiger partial charge in [-0.05, 0) is 31.9 Å². The van der Waals surface area contributed by atoms with E-state index < -0.39 is 5.97 Å². The smallest absolute Gasteiger partial charge is 0.303 e. The van der Waals surface area contributed by atoms with E-state index in [0.717, 1.165) is 16.9 Å². The fourth-order valence-electron chi connectivity index (χ4n) is 1.29. The Hall–Kier alpha value is -1.58. The van der Waals surface area contributed by atoms with Crippen molar-refractivity contribution in [3.05, 3.63) is 23.5 Å². The molecule has 0 unspecified atom stereocenters. The van der Waals surface area contributed by atoms with Crippen LogP contribution >= 0.6 is 0 Å². The number of anilines is 1. The summed E-state index contributed by atoms with van der Waals surface area (Å²) in [7, 11) is 0. The van der Waals surface area contributed by atoms with Crippen LogP contribution in [-0.4, -0.2) is 22.6 Å². The van der Waals surface area contributed by atoms with Crippen molar-refractivity contribution in [2.24, 2.45) is 0 Å². The predicted octanol–water partition coefficient (Wildman–Crippen LogP) is 1.98. The van der Waals surface area contributed by atoms with Crippen LogP contribution in [0.2, 0.25) is 0 Å². The third-order valence-corrected chi connectivity index (χ3v) is 2.34. The molecule has 2 N–H and O–H groups in total. The largest absolute Gasteiger partial charge is 0.481 e. The Morgan fingerprint density at radius 3 is 2.93 bits per heavy atom. The van der Waals surface area contributed by atoms with Crippen LogP contribution in [0.3, 0.4) is 0 Å². The molecule has 4 heteroatoms. The molecule has 1 rings (SSSR count). The average molecular weight is 208 g/mol. The second kappa shape index (κ2) is 5.34. The summed E-state index contributed by atoms with van der Waals surface area (Å²) in [6.45, 7) is 4.64. The first-order valence-electron chi connectivity index (χ1n) is 4.99. The van der Waals surface area contributed by atoms with Gasteiger partial charge in [0.1, 0.15) is 0 Å². The molecule has 1 heterocycles. The number of nitrogens with one attached hydrogen (secondary N) is 1. The molecule has 0 aromatic carbocycles. The molecule has 82 valence electrons. The molecule has 4 nitrogen and oxygen atoms in total. The van der Waals surface area contributed by atoms with Gasteiger partial charge in [-0.3, -0.25) is 9.78 Å². The standard InChI is InChI=1S/C11H16N2O2/c1-8-9(2)12-7-5-10(8)13-6-3-4-11(14)15/h5,7H,3-4,6H2,1-2H3,(H,12,13)(H,14,15). The van der Waals surface area contributed by atoms with Gasteiger partial charge in [0.2, 0.25) is 0 Å². The maximum absolute atomic E-state index is 10.3. The van der Waals surface area contributed by atoms with Crippen molar-refractivity contribution in [3.8, 4) is 0 Å². The lowest BCUT2D eigenvalue weighted by molar-refractivity contribution is -0.137. The van der Waals surface area contributed by atoms with Crippen LogP contribution in [0.25, 0.3) is 0 Å². The third-order valence-electron chi connectivity index (χ3n) is 2.34. The van der Waals surface area contributed by atoms with Gasteiger partial charge in [-0.1, -0.05) is 0 Å². The first-order valence-corrected chi connectivity index (χ1v) is 4.99. The molecule has 1 aromatic rings. The van der Waals surface area contributed by atoms with E-state index in [-0.39, 0.29) is 6.42 Å². The van der Waals surface area contributed by atoms with Crippen LogP contribution in [0, 0.1) is 13.8 Å². The van der Waals surface area contributed by atoms with Crippen molar-refractivity contribution >= 4 is 11.7 Å². The minimum absolute atomic E-state index is 0.204. The maximum Gasteiger partial charge on any atom is 0.303 e. The van der Waals surface area contributed by atoms with Crippen molar-refractivity contribution in [1.29, 1.82) is 0 Å². The molecule has 15 heavy (non-hydrogen) atoms. The van der Waals surface area contributed by atoms with Crippen LogP contribution in [0.5, 0.6) is 0 Å². The Labute approximate surface area is 89.3 Å². The number of carboxylic acids is 1. The number of rotatable bonds is 5. The quantitative estimate of drug-likeness (QED) is 0.726. The Morgan fingerprint density at radius 1 is 1.53 bits per heavy atom. The van der Waals surface area contributed by atoms with Gasteiger partial charge in [-0.15, -0.1) is 0 Å². The summed E-state index contributed by atoms with van der Waals surface area (Å²) in [6.07, 6.45) is 2.59. The van der Waals surface area contributed by atoms with E-state index in [1.165, 1.54) is 0 Å². The second-order valence-electron chi connectivity index (χ2n) is 3.49. The molecule has 0 radical (unpaired) electrons. The number of aromatic nitrogens is 1. The van der Waals surface area contributed by atoms with Crippen LogP contribution in [0.4, 0.5) is 5.69 Å². The molecule has 0 bridgehead atoms. The first-order chi connectivity index (χ1) is 7.11. The van der Waals surface area contributed by atoms with Crippen LogP contribution in [-0.2, 0) is 4.79 Å². The van der Waals surface area contributed by atoms with Crippen molar-refractivity contribution in [3.63, 3.8) is 0 Å². The van der Waals surface area contributed by atoms with Gasteiger partial charge in [0.25, 0.3) is 0 Å². The molecule has 0 aliphatic heterocycles. The number of pyridine rings is 1. The lowest BCUT2D eigenvalue weighted by atomic mass is 10.2. The minimum Gasteiger partial charge on any atom is -0.481 e. The first kappa shape index (κ1) is 11.5. The van der Waals surface area contributed by atoms with Gasteiger partial charge in [0.15, 0.2) is 0 Å². The van der Waals surface area contributed by atoms with Crippen molar-refractivity contribution < 1.29 is 9.90 Å². The Morgan fingerprint density at radius 2 is 2.27 bits per heavy atom.